The second-order valence-corrected chi connectivity index (χ2v) is 13.3. The molecule has 215 valence electrons. The number of rotatable bonds is 5. The van der Waals surface area contributed by atoms with Gasteiger partial charge in [0.15, 0.2) is 0 Å². The molecule has 0 amide bonds. The molecule has 8 aromatic rings. The van der Waals surface area contributed by atoms with Crippen molar-refractivity contribution in [1.29, 1.82) is 0 Å². The Morgan fingerprint density at radius 2 is 0.864 bits per heavy atom. The van der Waals surface area contributed by atoms with Crippen LogP contribution in [0.2, 0.25) is 0 Å². The van der Waals surface area contributed by atoms with E-state index in [1.807, 2.05) is 0 Å². The molecule has 0 aliphatic carbocycles. The fraction of sp³-hybridized carbons (Fsp3) is 0.122. The lowest BCUT2D eigenvalue weighted by Gasteiger charge is -2.11. The maximum absolute atomic E-state index is 2.42. The predicted molar refractivity (Wildman–Crippen MR) is 182 cm³/mol. The fourth-order valence-electron chi connectivity index (χ4n) is 6.83. The summed E-state index contributed by atoms with van der Waals surface area (Å²) in [6.45, 7) is 6.57. The van der Waals surface area contributed by atoms with Crippen LogP contribution in [-0.4, -0.2) is 9.13 Å². The van der Waals surface area contributed by atoms with E-state index in [0.29, 0.717) is 0 Å². The van der Waals surface area contributed by atoms with Gasteiger partial charge in [0.25, 0.3) is 0 Å². The summed E-state index contributed by atoms with van der Waals surface area (Å²) in [6.07, 6.45) is 1.94. The van der Waals surface area contributed by atoms with Gasteiger partial charge in [-0.1, -0.05) is 72.6 Å². The number of nitrogens with zero attached hydrogens (tertiary/aromatic N) is 2. The van der Waals surface area contributed by atoms with Crippen molar-refractivity contribution in [1.82, 2.24) is 9.13 Å². The fourth-order valence-corrected chi connectivity index (χ4v) is 7.32. The summed E-state index contributed by atoms with van der Waals surface area (Å²) >= 11 is 2.42. The second-order valence-electron chi connectivity index (χ2n) is 12.1. The number of hydrogen-bond donors (Lipinski definition) is 0. The number of benzene rings is 6. The van der Waals surface area contributed by atoms with E-state index < -0.39 is 0 Å². The molecular formula is C41H33IN2-. The predicted octanol–water partition coefficient (Wildman–Crippen LogP) is 7.37. The third kappa shape index (κ3) is 4.53. The Labute approximate surface area is 271 Å². The van der Waals surface area contributed by atoms with Gasteiger partial charge in [0, 0.05) is 32.9 Å². The lowest BCUT2D eigenvalue weighted by Crippen LogP contribution is -3.34. The second kappa shape index (κ2) is 10.7. The Bertz CT molecular complexity index is 2290. The molecule has 0 saturated heterocycles. The van der Waals surface area contributed by atoms with Crippen LogP contribution < -0.4 is 22.6 Å². The van der Waals surface area contributed by atoms with Crippen molar-refractivity contribution in [3.63, 3.8) is 0 Å². The van der Waals surface area contributed by atoms with Crippen molar-refractivity contribution >= 4 is 43.6 Å². The molecule has 8 rings (SSSR count). The molecule has 3 heteroatoms. The number of fused-ring (bicyclic) bond motifs is 6. The van der Waals surface area contributed by atoms with E-state index >= 15 is 0 Å². The maximum Gasteiger partial charge on any atom is 0.0541 e. The molecule has 44 heavy (non-hydrogen) atoms. The molecule has 0 N–H and O–H groups in total. The van der Waals surface area contributed by atoms with Crippen molar-refractivity contribution in [3.8, 4) is 11.4 Å². The minimum Gasteiger partial charge on any atom is -0.759 e. The van der Waals surface area contributed by atoms with E-state index in [-0.39, 0.29) is 0 Å². The van der Waals surface area contributed by atoms with Gasteiger partial charge in [0.05, 0.1) is 22.1 Å². The minimum atomic E-state index is 0.900. The molecule has 0 aliphatic rings. The van der Waals surface area contributed by atoms with E-state index in [0.717, 1.165) is 12.8 Å². The molecule has 6 aromatic carbocycles. The topological polar surface area (TPSA) is 9.86 Å². The summed E-state index contributed by atoms with van der Waals surface area (Å²) in [4.78, 5) is 0. The Morgan fingerprint density at radius 1 is 0.455 bits per heavy atom. The van der Waals surface area contributed by atoms with Crippen LogP contribution in [0.25, 0.3) is 55.0 Å². The van der Waals surface area contributed by atoms with Crippen LogP contribution in [0.4, 0.5) is 0 Å². The first-order valence-corrected chi connectivity index (χ1v) is 16.5. The summed E-state index contributed by atoms with van der Waals surface area (Å²) in [6, 6.07) is 45.5. The van der Waals surface area contributed by atoms with Crippen LogP contribution in [0.5, 0.6) is 0 Å². The Morgan fingerprint density at radius 3 is 1.36 bits per heavy atom. The average molecular weight is 681 g/mol. The molecule has 0 fully saturated rings. The highest BCUT2D eigenvalue weighted by Crippen LogP contribution is 2.35. The van der Waals surface area contributed by atoms with Gasteiger partial charge < -0.3 is 31.7 Å². The van der Waals surface area contributed by atoms with Crippen LogP contribution in [0.15, 0.2) is 121 Å². The molecule has 0 saturated carbocycles. The minimum absolute atomic E-state index is 0.900. The number of halogens is 1. The smallest absolute Gasteiger partial charge is 0.0541 e. The van der Waals surface area contributed by atoms with Crippen LogP contribution >= 0.6 is 0 Å². The lowest BCUT2D eigenvalue weighted by molar-refractivity contribution is -0.328. The molecule has 0 bridgehead atoms. The highest BCUT2D eigenvalue weighted by molar-refractivity contribution is 6.10. The molecule has 0 unspecified atom stereocenters. The van der Waals surface area contributed by atoms with Crippen molar-refractivity contribution in [2.75, 3.05) is 0 Å². The highest BCUT2D eigenvalue weighted by atomic mass is 127. The number of aromatic nitrogens is 2. The molecule has 0 aliphatic heterocycles. The van der Waals surface area contributed by atoms with Gasteiger partial charge in [-0.2, -0.15) is 3.57 Å². The first-order valence-electron chi connectivity index (χ1n) is 15.4. The molecule has 2 heterocycles. The van der Waals surface area contributed by atoms with Gasteiger partial charge in [-0.25, -0.2) is 0 Å². The summed E-state index contributed by atoms with van der Waals surface area (Å²) in [7, 11) is 0. The normalized spacial score (nSPS) is 11.8. The van der Waals surface area contributed by atoms with E-state index in [1.54, 1.807) is 0 Å². The van der Waals surface area contributed by atoms with Crippen LogP contribution in [-0.2, 0) is 12.8 Å². The summed E-state index contributed by atoms with van der Waals surface area (Å²) in [5.74, 6) is 0. The van der Waals surface area contributed by atoms with E-state index in [2.05, 4.69) is 174 Å². The lowest BCUT2D eigenvalue weighted by atomic mass is 10.0. The van der Waals surface area contributed by atoms with E-state index in [9.17, 15) is 0 Å². The molecule has 0 atom stereocenters. The quantitative estimate of drug-likeness (QED) is 0.168. The van der Waals surface area contributed by atoms with Crippen molar-refractivity contribution in [2.24, 2.45) is 0 Å². The van der Waals surface area contributed by atoms with Crippen LogP contribution in [0.1, 0.15) is 34.7 Å². The number of aryl methyl sites for hydroxylation is 3. The van der Waals surface area contributed by atoms with Crippen molar-refractivity contribution in [2.45, 2.75) is 33.6 Å². The first-order chi connectivity index (χ1) is 21.5. The van der Waals surface area contributed by atoms with Gasteiger partial charge in [-0.3, -0.25) is 0 Å². The first kappa shape index (κ1) is 27.2. The molecular weight excluding hydrogens is 647 g/mol. The molecule has 2 nitrogen and oxygen atoms in total. The SMILES string of the molecule is CCc1ccc2c(c1)c1cc([I-])ccc1n2-c1ccc(Cc2ccc(-n3c4ccc(C)cc4c4cc(C)ccc43)cc2)cc1. The van der Waals surface area contributed by atoms with Gasteiger partial charge in [-0.05, 0) is 110 Å². The molecule has 1 radical (unpaired) electrons. The van der Waals surface area contributed by atoms with Gasteiger partial charge in [0.1, 0.15) is 0 Å². The Balaban J connectivity index is 1.12. The summed E-state index contributed by atoms with van der Waals surface area (Å²) < 4.78 is 6.08. The summed E-state index contributed by atoms with van der Waals surface area (Å²) in [5, 5.41) is 5.28. The largest absolute Gasteiger partial charge is 0.759 e. The zero-order chi connectivity index (χ0) is 29.9. The summed E-state index contributed by atoms with van der Waals surface area (Å²) in [5.41, 5.74) is 14.0. The van der Waals surface area contributed by atoms with Gasteiger partial charge in [0.2, 0.25) is 0 Å². The Hall–Kier alpha value is -4.35. The molecule has 0 spiro atoms. The standard InChI is InChI=1S/C41H33IN2/c1-4-28-11-19-40-36(24-28)37-25-31(42)12-20-41(37)44(40)33-15-9-30(10-16-33)23-29-7-13-32(14-8-29)43-38-17-5-26(2)21-34(38)35-22-27(3)6-18-39(35)43/h5-22,24-25H,4,23H2,1-3H3/q-1. The van der Waals surface area contributed by atoms with Crippen molar-refractivity contribution < 1.29 is 22.6 Å². The van der Waals surface area contributed by atoms with E-state index in [4.69, 9.17) is 0 Å². The highest BCUT2D eigenvalue weighted by Gasteiger charge is 2.14. The van der Waals surface area contributed by atoms with Gasteiger partial charge in [-0.15, -0.1) is 0 Å². The Kier molecular flexibility index (Phi) is 6.60. The zero-order valence-corrected chi connectivity index (χ0v) is 27.4. The van der Waals surface area contributed by atoms with E-state index in [1.165, 1.54) is 86.4 Å². The monoisotopic (exact) mass is 680 g/mol. The molecule has 2 aromatic heterocycles. The number of hydrogen-bond acceptors (Lipinski definition) is 0. The third-order valence-electron chi connectivity index (χ3n) is 9.07. The maximum atomic E-state index is 2.42. The van der Waals surface area contributed by atoms with Gasteiger partial charge >= 0.3 is 0 Å². The van der Waals surface area contributed by atoms with Crippen molar-refractivity contribution in [3.05, 3.63) is 153 Å². The van der Waals surface area contributed by atoms with Crippen LogP contribution in [0.3, 0.4) is 0 Å². The average Bonchev–Trinajstić information content (AvgIpc) is 3.53. The zero-order valence-electron chi connectivity index (χ0n) is 25.2. The van der Waals surface area contributed by atoms with Crippen LogP contribution in [0, 0.1) is 17.4 Å². The third-order valence-corrected chi connectivity index (χ3v) is 9.74.